The van der Waals surface area contributed by atoms with Crippen LogP contribution in [-0.2, 0) is 6.42 Å². The third-order valence-electron chi connectivity index (χ3n) is 2.88. The largest absolute Gasteiger partial charge is 0.356 e. The maximum atomic E-state index is 4.62. The monoisotopic (exact) mass is 283 g/mol. The molecule has 3 nitrogen and oxygen atoms in total. The third-order valence-corrected chi connectivity index (χ3v) is 5.65. The number of aryl methyl sites for hydroxylation is 1. The van der Waals surface area contributed by atoms with Crippen LogP contribution < -0.4 is 5.32 Å². The van der Waals surface area contributed by atoms with Crippen LogP contribution in [0.25, 0.3) is 0 Å². The molecule has 0 fully saturated rings. The van der Waals surface area contributed by atoms with E-state index >= 15 is 0 Å². The van der Waals surface area contributed by atoms with Gasteiger partial charge in [-0.15, -0.1) is 11.3 Å². The molecule has 2 heterocycles. The van der Waals surface area contributed by atoms with Crippen molar-refractivity contribution < 1.29 is 0 Å². The zero-order valence-electron chi connectivity index (χ0n) is 11.5. The summed E-state index contributed by atoms with van der Waals surface area (Å²) >= 11 is 3.61. The first-order chi connectivity index (χ1) is 8.50. The van der Waals surface area contributed by atoms with Crippen molar-refractivity contribution in [2.75, 3.05) is 12.3 Å². The highest BCUT2D eigenvalue weighted by atomic mass is 32.2. The highest BCUT2D eigenvalue weighted by molar-refractivity contribution is 8.13. The van der Waals surface area contributed by atoms with Crippen LogP contribution in [-0.4, -0.2) is 22.4 Å². The molecule has 5 heteroatoms. The summed E-state index contributed by atoms with van der Waals surface area (Å²) in [4.78, 5) is 10.4. The number of aromatic nitrogens is 1. The third kappa shape index (κ3) is 3.48. The van der Waals surface area contributed by atoms with E-state index in [9.17, 15) is 0 Å². The quantitative estimate of drug-likeness (QED) is 0.922. The maximum Gasteiger partial charge on any atom is 0.157 e. The Balaban J connectivity index is 1.95. The van der Waals surface area contributed by atoms with E-state index < -0.39 is 0 Å². The number of rotatable bonds is 3. The predicted octanol–water partition coefficient (Wildman–Crippen LogP) is 3.49. The lowest BCUT2D eigenvalue weighted by Gasteiger charge is -2.28. The van der Waals surface area contributed by atoms with E-state index in [1.165, 1.54) is 4.88 Å². The second-order valence-electron chi connectivity index (χ2n) is 5.46. The fourth-order valence-electron chi connectivity index (χ4n) is 1.66. The van der Waals surface area contributed by atoms with E-state index in [1.54, 1.807) is 11.3 Å². The summed E-state index contributed by atoms with van der Waals surface area (Å²) in [6.45, 7) is 9.75. The van der Waals surface area contributed by atoms with Gasteiger partial charge in [0.15, 0.2) is 5.17 Å². The molecule has 0 saturated carbocycles. The van der Waals surface area contributed by atoms with Gasteiger partial charge < -0.3 is 5.32 Å². The van der Waals surface area contributed by atoms with Gasteiger partial charge in [0.25, 0.3) is 0 Å². The first kappa shape index (κ1) is 13.9. The molecule has 0 amide bonds. The first-order valence-corrected chi connectivity index (χ1v) is 8.19. The van der Waals surface area contributed by atoms with Crippen molar-refractivity contribution in [3.05, 3.63) is 16.1 Å². The molecule has 0 spiro atoms. The molecule has 1 aliphatic heterocycles. The molecule has 0 aromatic carbocycles. The number of aliphatic imine (C=N–C) groups is 1. The van der Waals surface area contributed by atoms with Gasteiger partial charge in [-0.1, -0.05) is 32.5 Å². The Labute approximate surface area is 118 Å². The molecule has 2 rings (SSSR count). The van der Waals surface area contributed by atoms with Gasteiger partial charge in [-0.3, -0.25) is 4.99 Å². The minimum absolute atomic E-state index is 0.253. The number of thioether (sulfide) groups is 1. The van der Waals surface area contributed by atoms with E-state index in [2.05, 4.69) is 43.0 Å². The normalized spacial score (nSPS) is 20.3. The molecule has 18 heavy (non-hydrogen) atoms. The molecule has 0 radical (unpaired) electrons. The van der Waals surface area contributed by atoms with Crippen LogP contribution in [0.3, 0.4) is 0 Å². The number of amidine groups is 1. The Morgan fingerprint density at radius 2 is 2.28 bits per heavy atom. The van der Waals surface area contributed by atoms with Gasteiger partial charge in [0, 0.05) is 23.4 Å². The van der Waals surface area contributed by atoms with Gasteiger partial charge in [0.1, 0.15) is 5.01 Å². The molecule has 1 unspecified atom stereocenters. The molecular formula is C13H21N3S2. The topological polar surface area (TPSA) is 37.3 Å². The summed E-state index contributed by atoms with van der Waals surface area (Å²) in [7, 11) is 0. The van der Waals surface area contributed by atoms with Gasteiger partial charge in [0.05, 0.1) is 6.04 Å². The lowest BCUT2D eigenvalue weighted by atomic mass is 9.97. The molecule has 0 saturated heterocycles. The van der Waals surface area contributed by atoms with Crippen LogP contribution in [0, 0.1) is 5.41 Å². The van der Waals surface area contributed by atoms with E-state index in [-0.39, 0.29) is 6.04 Å². The molecule has 1 atom stereocenters. The van der Waals surface area contributed by atoms with Gasteiger partial charge in [-0.2, -0.15) is 0 Å². The summed E-state index contributed by atoms with van der Waals surface area (Å²) in [6.07, 6.45) is 3.05. The standard InChI is InChI=1S/C13H21N3S2/c1-5-10-6-14-11(18-10)9(2)16-12-15-7-13(3,4)8-17-12/h6,9H,5,7-8H2,1-4H3,(H,15,16). The van der Waals surface area contributed by atoms with Crippen LogP contribution in [0.2, 0.25) is 0 Å². The highest BCUT2D eigenvalue weighted by Gasteiger charge is 2.24. The van der Waals surface area contributed by atoms with E-state index in [0.717, 1.165) is 28.9 Å². The minimum atomic E-state index is 0.253. The summed E-state index contributed by atoms with van der Waals surface area (Å²) in [5.41, 5.74) is 0.329. The van der Waals surface area contributed by atoms with E-state index in [1.807, 2.05) is 18.0 Å². The number of hydrogen-bond donors (Lipinski definition) is 1. The summed E-state index contributed by atoms with van der Waals surface area (Å²) in [5.74, 6) is 1.13. The van der Waals surface area contributed by atoms with Crippen molar-refractivity contribution >= 4 is 28.3 Å². The second kappa shape index (κ2) is 5.61. The van der Waals surface area contributed by atoms with E-state index in [0.29, 0.717) is 5.41 Å². The van der Waals surface area contributed by atoms with Gasteiger partial charge in [0.2, 0.25) is 0 Å². The zero-order chi connectivity index (χ0) is 13.2. The Bertz CT molecular complexity index is 437. The lowest BCUT2D eigenvalue weighted by Crippen LogP contribution is -2.32. The number of hydrogen-bond acceptors (Lipinski definition) is 5. The Kier molecular flexibility index (Phi) is 4.33. The minimum Gasteiger partial charge on any atom is -0.356 e. The van der Waals surface area contributed by atoms with Crippen molar-refractivity contribution in [1.29, 1.82) is 0 Å². The van der Waals surface area contributed by atoms with Crippen LogP contribution in [0.5, 0.6) is 0 Å². The Morgan fingerprint density at radius 3 is 2.83 bits per heavy atom. The fraction of sp³-hybridized carbons (Fsp3) is 0.692. The number of thiazole rings is 1. The number of nitrogens with zero attached hydrogens (tertiary/aromatic N) is 2. The molecular weight excluding hydrogens is 262 g/mol. The molecule has 0 aliphatic carbocycles. The van der Waals surface area contributed by atoms with Crippen LogP contribution >= 0.6 is 23.1 Å². The smallest absolute Gasteiger partial charge is 0.157 e. The van der Waals surface area contributed by atoms with Crippen molar-refractivity contribution in [3.63, 3.8) is 0 Å². The second-order valence-corrected chi connectivity index (χ2v) is 7.57. The molecule has 1 aliphatic rings. The van der Waals surface area contributed by atoms with Gasteiger partial charge in [-0.25, -0.2) is 4.98 Å². The summed E-state index contributed by atoms with van der Waals surface area (Å²) in [6, 6.07) is 0.253. The van der Waals surface area contributed by atoms with Gasteiger partial charge >= 0.3 is 0 Å². The summed E-state index contributed by atoms with van der Waals surface area (Å²) in [5, 5.41) is 5.69. The molecule has 1 aromatic heterocycles. The number of nitrogens with one attached hydrogen (secondary N) is 1. The molecule has 0 bridgehead atoms. The Morgan fingerprint density at radius 1 is 1.50 bits per heavy atom. The highest BCUT2D eigenvalue weighted by Crippen LogP contribution is 2.28. The van der Waals surface area contributed by atoms with Crippen LogP contribution in [0.1, 0.15) is 43.6 Å². The first-order valence-electron chi connectivity index (χ1n) is 6.38. The van der Waals surface area contributed by atoms with Crippen molar-refractivity contribution in [2.24, 2.45) is 10.4 Å². The predicted molar refractivity (Wildman–Crippen MR) is 81.6 cm³/mol. The lowest BCUT2D eigenvalue weighted by molar-refractivity contribution is 0.436. The average molecular weight is 283 g/mol. The molecule has 1 N–H and O–H groups in total. The van der Waals surface area contributed by atoms with Crippen LogP contribution in [0.4, 0.5) is 0 Å². The summed E-state index contributed by atoms with van der Waals surface area (Å²) < 4.78 is 0. The van der Waals surface area contributed by atoms with Crippen molar-refractivity contribution in [1.82, 2.24) is 10.3 Å². The SMILES string of the molecule is CCc1cnc(C(C)NC2=NCC(C)(C)CS2)s1. The molecule has 100 valence electrons. The fourth-order valence-corrected chi connectivity index (χ4v) is 3.56. The average Bonchev–Trinajstić information content (AvgIpc) is 2.80. The Hall–Kier alpha value is -0.550. The van der Waals surface area contributed by atoms with E-state index in [4.69, 9.17) is 0 Å². The van der Waals surface area contributed by atoms with Crippen LogP contribution in [0.15, 0.2) is 11.2 Å². The zero-order valence-corrected chi connectivity index (χ0v) is 13.1. The van der Waals surface area contributed by atoms with Crippen molar-refractivity contribution in [3.8, 4) is 0 Å². The van der Waals surface area contributed by atoms with Gasteiger partial charge in [-0.05, 0) is 18.8 Å². The van der Waals surface area contributed by atoms with Crippen molar-refractivity contribution in [2.45, 2.75) is 40.2 Å². The maximum absolute atomic E-state index is 4.62. The molecule has 1 aromatic rings.